The highest BCUT2D eigenvalue weighted by molar-refractivity contribution is 5.96. The van der Waals surface area contributed by atoms with Gasteiger partial charge in [-0.15, -0.1) is 0 Å². The van der Waals surface area contributed by atoms with E-state index < -0.39 is 52.5 Å². The largest absolute Gasteiger partial charge is 0.497 e. The highest BCUT2D eigenvalue weighted by atomic mass is 19.4. The summed E-state index contributed by atoms with van der Waals surface area (Å²) in [6.45, 7) is 0. The number of nitro groups is 1. The van der Waals surface area contributed by atoms with Crippen LogP contribution in [0.3, 0.4) is 0 Å². The van der Waals surface area contributed by atoms with Crippen molar-refractivity contribution in [1.82, 2.24) is 0 Å². The Morgan fingerprint density at radius 3 is 2.00 bits per heavy atom. The summed E-state index contributed by atoms with van der Waals surface area (Å²) in [7, 11) is 3.50. The SMILES string of the molecule is COC(=O)C(C(=O)OC)C(Cc1cc(C(F)(F)F)ccc1[N+](=O)[O-])c1ccc(OC)cc1. The smallest absolute Gasteiger partial charge is 0.416 e. The van der Waals surface area contributed by atoms with Crippen LogP contribution in [0.4, 0.5) is 18.9 Å². The second kappa shape index (κ2) is 10.1. The summed E-state index contributed by atoms with van der Waals surface area (Å²) in [5.41, 5.74) is -1.63. The summed E-state index contributed by atoms with van der Waals surface area (Å²) in [5.74, 6) is -4.24. The van der Waals surface area contributed by atoms with E-state index in [1.807, 2.05) is 0 Å². The lowest BCUT2D eigenvalue weighted by atomic mass is 9.80. The van der Waals surface area contributed by atoms with Crippen LogP contribution in [-0.4, -0.2) is 38.2 Å². The first-order valence-corrected chi connectivity index (χ1v) is 9.17. The molecule has 32 heavy (non-hydrogen) atoms. The molecular weight excluding hydrogens is 435 g/mol. The van der Waals surface area contributed by atoms with Crippen molar-refractivity contribution >= 4 is 17.6 Å². The lowest BCUT2D eigenvalue weighted by Crippen LogP contribution is -2.33. The number of alkyl halides is 3. The number of carbonyl (C=O) groups is 2. The maximum absolute atomic E-state index is 13.2. The van der Waals surface area contributed by atoms with Crippen LogP contribution in [0.2, 0.25) is 0 Å². The van der Waals surface area contributed by atoms with Gasteiger partial charge in [0.05, 0.1) is 31.8 Å². The van der Waals surface area contributed by atoms with Crippen LogP contribution in [-0.2, 0) is 31.7 Å². The van der Waals surface area contributed by atoms with Crippen molar-refractivity contribution in [3.63, 3.8) is 0 Å². The molecule has 8 nitrogen and oxygen atoms in total. The van der Waals surface area contributed by atoms with E-state index in [0.717, 1.165) is 20.3 Å². The molecule has 0 radical (unpaired) electrons. The quantitative estimate of drug-likeness (QED) is 0.257. The molecule has 0 N–H and O–H groups in total. The lowest BCUT2D eigenvalue weighted by Gasteiger charge is -2.24. The fourth-order valence-corrected chi connectivity index (χ4v) is 3.30. The van der Waals surface area contributed by atoms with Crippen molar-refractivity contribution in [3.05, 3.63) is 69.3 Å². The first-order chi connectivity index (χ1) is 15.0. The van der Waals surface area contributed by atoms with Crippen molar-refractivity contribution in [2.75, 3.05) is 21.3 Å². The number of esters is 2. The molecule has 0 bridgehead atoms. The maximum atomic E-state index is 13.2. The minimum Gasteiger partial charge on any atom is -0.497 e. The fourth-order valence-electron chi connectivity index (χ4n) is 3.30. The summed E-state index contributed by atoms with van der Waals surface area (Å²) in [6.07, 6.45) is -5.19. The summed E-state index contributed by atoms with van der Waals surface area (Å²) in [6, 6.07) is 8.03. The van der Waals surface area contributed by atoms with E-state index >= 15 is 0 Å². The van der Waals surface area contributed by atoms with Gasteiger partial charge in [0.25, 0.3) is 5.69 Å². The molecule has 0 aliphatic rings. The van der Waals surface area contributed by atoms with E-state index in [0.29, 0.717) is 23.4 Å². The van der Waals surface area contributed by atoms with Crippen molar-refractivity contribution in [3.8, 4) is 5.75 Å². The standard InChI is InChI=1S/C21H20F3NO7/c1-30-15-7-4-12(5-8-15)16(18(19(26)31-2)20(27)32-3)11-13-10-14(21(22,23)24)6-9-17(13)25(28)29/h4-10,16,18H,11H2,1-3H3. The molecule has 0 aliphatic carbocycles. The van der Waals surface area contributed by atoms with Crippen molar-refractivity contribution in [1.29, 1.82) is 0 Å². The van der Waals surface area contributed by atoms with Crippen LogP contribution in [0, 0.1) is 16.0 Å². The summed E-state index contributed by atoms with van der Waals surface area (Å²) < 4.78 is 54.2. The molecular formula is C21H20F3NO7. The number of benzene rings is 2. The Bertz CT molecular complexity index is 974. The number of hydrogen-bond donors (Lipinski definition) is 0. The topological polar surface area (TPSA) is 105 Å². The molecule has 0 heterocycles. The van der Waals surface area contributed by atoms with Gasteiger partial charge in [-0.3, -0.25) is 19.7 Å². The molecule has 0 aliphatic heterocycles. The zero-order chi connectivity index (χ0) is 24.1. The zero-order valence-corrected chi connectivity index (χ0v) is 17.3. The Morgan fingerprint density at radius 2 is 1.56 bits per heavy atom. The van der Waals surface area contributed by atoms with Gasteiger partial charge in [0.2, 0.25) is 0 Å². The molecule has 172 valence electrons. The summed E-state index contributed by atoms with van der Waals surface area (Å²) in [5, 5.41) is 11.5. The Labute approximate surface area is 181 Å². The van der Waals surface area contributed by atoms with E-state index in [1.54, 1.807) is 0 Å². The van der Waals surface area contributed by atoms with Gasteiger partial charge in [0.15, 0.2) is 5.92 Å². The predicted octanol–water partition coefficient (Wildman–Crippen LogP) is 3.91. The van der Waals surface area contributed by atoms with Crippen LogP contribution < -0.4 is 4.74 Å². The van der Waals surface area contributed by atoms with E-state index in [2.05, 4.69) is 0 Å². The molecule has 2 aromatic rings. The molecule has 0 saturated carbocycles. The van der Waals surface area contributed by atoms with Gasteiger partial charge in [0, 0.05) is 17.5 Å². The fraction of sp³-hybridized carbons (Fsp3) is 0.333. The summed E-state index contributed by atoms with van der Waals surface area (Å²) >= 11 is 0. The average molecular weight is 455 g/mol. The highest BCUT2D eigenvalue weighted by Crippen LogP contribution is 2.37. The Hall–Kier alpha value is -3.63. The lowest BCUT2D eigenvalue weighted by molar-refractivity contribution is -0.385. The predicted molar refractivity (Wildman–Crippen MR) is 105 cm³/mol. The van der Waals surface area contributed by atoms with Gasteiger partial charge in [-0.1, -0.05) is 12.1 Å². The Kier molecular flexibility index (Phi) is 7.79. The van der Waals surface area contributed by atoms with Crippen LogP contribution in [0.1, 0.15) is 22.6 Å². The third-order valence-corrected chi connectivity index (χ3v) is 4.90. The Balaban J connectivity index is 2.68. The van der Waals surface area contributed by atoms with Crippen LogP contribution in [0.15, 0.2) is 42.5 Å². The van der Waals surface area contributed by atoms with Gasteiger partial charge < -0.3 is 14.2 Å². The number of carbonyl (C=O) groups excluding carboxylic acids is 2. The average Bonchev–Trinajstić information content (AvgIpc) is 2.77. The minimum absolute atomic E-state index is 0.302. The highest BCUT2D eigenvalue weighted by Gasteiger charge is 2.40. The number of halogens is 3. The minimum atomic E-state index is -4.75. The number of nitro benzene ring substituents is 1. The molecule has 1 unspecified atom stereocenters. The third-order valence-electron chi connectivity index (χ3n) is 4.90. The number of nitrogens with zero attached hydrogens (tertiary/aromatic N) is 1. The Morgan fingerprint density at radius 1 is 1.00 bits per heavy atom. The van der Waals surface area contributed by atoms with E-state index in [9.17, 15) is 32.9 Å². The second-order valence-corrected chi connectivity index (χ2v) is 6.71. The number of ether oxygens (including phenoxy) is 3. The maximum Gasteiger partial charge on any atom is 0.416 e. The van der Waals surface area contributed by atoms with Crippen molar-refractivity contribution in [2.24, 2.45) is 5.92 Å². The molecule has 0 saturated heterocycles. The third kappa shape index (κ3) is 5.54. The first-order valence-electron chi connectivity index (χ1n) is 9.17. The second-order valence-electron chi connectivity index (χ2n) is 6.71. The van der Waals surface area contributed by atoms with Gasteiger partial charge in [-0.05, 0) is 36.2 Å². The molecule has 0 fully saturated rings. The number of rotatable bonds is 8. The summed E-state index contributed by atoms with van der Waals surface area (Å²) in [4.78, 5) is 35.5. The van der Waals surface area contributed by atoms with E-state index in [-0.39, 0.29) is 5.56 Å². The molecule has 2 aromatic carbocycles. The van der Waals surface area contributed by atoms with Crippen LogP contribution >= 0.6 is 0 Å². The van der Waals surface area contributed by atoms with Crippen molar-refractivity contribution < 1.29 is 41.9 Å². The monoisotopic (exact) mass is 455 g/mol. The number of hydrogen-bond acceptors (Lipinski definition) is 7. The first kappa shape index (κ1) is 24.6. The van der Waals surface area contributed by atoms with Gasteiger partial charge >= 0.3 is 18.1 Å². The van der Waals surface area contributed by atoms with Crippen LogP contribution in [0.25, 0.3) is 0 Å². The van der Waals surface area contributed by atoms with E-state index in [1.165, 1.54) is 31.4 Å². The van der Waals surface area contributed by atoms with Gasteiger partial charge in [0.1, 0.15) is 5.75 Å². The molecule has 0 amide bonds. The molecule has 1 atom stereocenters. The van der Waals surface area contributed by atoms with Gasteiger partial charge in [-0.2, -0.15) is 13.2 Å². The normalized spacial score (nSPS) is 12.2. The molecule has 11 heteroatoms. The van der Waals surface area contributed by atoms with Crippen molar-refractivity contribution in [2.45, 2.75) is 18.5 Å². The molecule has 0 aromatic heterocycles. The molecule has 0 spiro atoms. The van der Waals surface area contributed by atoms with Gasteiger partial charge in [-0.25, -0.2) is 0 Å². The van der Waals surface area contributed by atoms with Crippen LogP contribution in [0.5, 0.6) is 5.75 Å². The number of methoxy groups -OCH3 is 3. The van der Waals surface area contributed by atoms with E-state index in [4.69, 9.17) is 14.2 Å². The zero-order valence-electron chi connectivity index (χ0n) is 17.3. The molecule has 2 rings (SSSR count).